The van der Waals surface area contributed by atoms with E-state index in [9.17, 15) is 4.79 Å². The summed E-state index contributed by atoms with van der Waals surface area (Å²) in [5.74, 6) is 0.459. The molecular weight excluding hydrogens is 250 g/mol. The van der Waals surface area contributed by atoms with Crippen molar-refractivity contribution in [3.63, 3.8) is 0 Å². The second kappa shape index (κ2) is 4.70. The van der Waals surface area contributed by atoms with Gasteiger partial charge in [-0.05, 0) is 38.7 Å². The second-order valence-electron chi connectivity index (χ2n) is 5.94. The fraction of sp³-hybridized carbons (Fsp3) is 0.500. The molecule has 1 atom stereocenters. The van der Waals surface area contributed by atoms with Crippen LogP contribution >= 0.6 is 0 Å². The van der Waals surface area contributed by atoms with Gasteiger partial charge in [0.05, 0.1) is 23.2 Å². The van der Waals surface area contributed by atoms with Crippen LogP contribution in [0.15, 0.2) is 24.3 Å². The van der Waals surface area contributed by atoms with E-state index in [1.54, 1.807) is 0 Å². The molecule has 0 bridgehead atoms. The van der Waals surface area contributed by atoms with Crippen molar-refractivity contribution >= 4 is 16.7 Å². The highest BCUT2D eigenvalue weighted by molar-refractivity contribution is 5.93. The summed E-state index contributed by atoms with van der Waals surface area (Å²) >= 11 is 0. The first-order valence-corrected chi connectivity index (χ1v) is 7.30. The SMILES string of the molecule is CCn1nc(CC(=O)C(C)(N)C2CC2)c2ccccc21. The smallest absolute Gasteiger partial charge is 0.158 e. The average molecular weight is 271 g/mol. The number of Topliss-reactive ketones (excluding diaryl/α,β-unsaturated/α-hetero) is 1. The Balaban J connectivity index is 1.93. The number of rotatable bonds is 5. The Labute approximate surface area is 119 Å². The molecular formula is C16H21N3O. The van der Waals surface area contributed by atoms with E-state index in [1.807, 2.05) is 35.9 Å². The first-order chi connectivity index (χ1) is 9.54. The van der Waals surface area contributed by atoms with E-state index in [4.69, 9.17) is 5.73 Å². The fourth-order valence-electron chi connectivity index (χ4n) is 2.82. The maximum Gasteiger partial charge on any atom is 0.158 e. The average Bonchev–Trinajstić information content (AvgIpc) is 3.24. The minimum Gasteiger partial charge on any atom is -0.319 e. The van der Waals surface area contributed by atoms with Crippen LogP contribution in [0.25, 0.3) is 10.9 Å². The van der Waals surface area contributed by atoms with Crippen LogP contribution in [-0.4, -0.2) is 21.1 Å². The molecule has 1 aliphatic carbocycles. The summed E-state index contributed by atoms with van der Waals surface area (Å²) in [6.07, 6.45) is 2.47. The number of carbonyl (C=O) groups excluding carboxylic acids is 1. The maximum atomic E-state index is 12.5. The van der Waals surface area contributed by atoms with Gasteiger partial charge in [0.1, 0.15) is 0 Å². The monoisotopic (exact) mass is 271 g/mol. The molecule has 1 aromatic heterocycles. The number of carbonyl (C=O) groups is 1. The highest BCUT2D eigenvalue weighted by Crippen LogP contribution is 2.39. The number of ketones is 1. The van der Waals surface area contributed by atoms with E-state index in [2.05, 4.69) is 12.0 Å². The predicted molar refractivity (Wildman–Crippen MR) is 79.4 cm³/mol. The number of nitrogens with zero attached hydrogens (tertiary/aromatic N) is 2. The molecule has 0 saturated heterocycles. The molecule has 0 amide bonds. The molecule has 1 aliphatic rings. The Kier molecular flexibility index (Phi) is 3.13. The Morgan fingerprint density at radius 3 is 2.80 bits per heavy atom. The third-order valence-corrected chi connectivity index (χ3v) is 4.39. The predicted octanol–water partition coefficient (Wildman–Crippen LogP) is 2.30. The van der Waals surface area contributed by atoms with Crippen molar-refractivity contribution < 1.29 is 4.79 Å². The molecule has 0 spiro atoms. The minimum atomic E-state index is -0.697. The topological polar surface area (TPSA) is 60.9 Å². The van der Waals surface area contributed by atoms with Crippen molar-refractivity contribution in [1.29, 1.82) is 0 Å². The standard InChI is InChI=1S/C16H21N3O/c1-3-19-14-7-5-4-6-12(14)13(18-19)10-15(20)16(2,17)11-8-9-11/h4-7,11H,3,8-10,17H2,1-2H3. The van der Waals surface area contributed by atoms with Crippen LogP contribution in [0.2, 0.25) is 0 Å². The zero-order chi connectivity index (χ0) is 14.3. The zero-order valence-electron chi connectivity index (χ0n) is 12.1. The molecule has 3 rings (SSSR count). The molecule has 0 aliphatic heterocycles. The second-order valence-corrected chi connectivity index (χ2v) is 5.94. The number of hydrogen-bond donors (Lipinski definition) is 1. The first-order valence-electron chi connectivity index (χ1n) is 7.30. The molecule has 2 aromatic rings. The van der Waals surface area contributed by atoms with Crippen LogP contribution in [-0.2, 0) is 17.8 Å². The van der Waals surface area contributed by atoms with E-state index in [0.29, 0.717) is 12.3 Å². The van der Waals surface area contributed by atoms with E-state index in [0.717, 1.165) is 36.0 Å². The van der Waals surface area contributed by atoms with E-state index in [-0.39, 0.29) is 5.78 Å². The number of para-hydroxylation sites is 1. The number of fused-ring (bicyclic) bond motifs is 1. The van der Waals surface area contributed by atoms with Crippen LogP contribution in [0.3, 0.4) is 0 Å². The van der Waals surface area contributed by atoms with Crippen molar-refractivity contribution in [3.8, 4) is 0 Å². The molecule has 1 fully saturated rings. The van der Waals surface area contributed by atoms with Crippen molar-refractivity contribution in [1.82, 2.24) is 9.78 Å². The van der Waals surface area contributed by atoms with Gasteiger partial charge >= 0.3 is 0 Å². The minimum absolute atomic E-state index is 0.103. The molecule has 1 unspecified atom stereocenters. The van der Waals surface area contributed by atoms with Gasteiger partial charge in [-0.25, -0.2) is 0 Å². The Morgan fingerprint density at radius 2 is 2.15 bits per heavy atom. The van der Waals surface area contributed by atoms with Crippen LogP contribution in [0.5, 0.6) is 0 Å². The highest BCUT2D eigenvalue weighted by Gasteiger charge is 2.43. The molecule has 4 heteroatoms. The lowest BCUT2D eigenvalue weighted by atomic mass is 9.89. The van der Waals surface area contributed by atoms with Gasteiger partial charge in [-0.1, -0.05) is 18.2 Å². The third kappa shape index (κ3) is 2.14. The summed E-state index contributed by atoms with van der Waals surface area (Å²) in [5, 5.41) is 5.65. The van der Waals surface area contributed by atoms with Gasteiger partial charge in [0.2, 0.25) is 0 Å². The van der Waals surface area contributed by atoms with Gasteiger partial charge in [-0.2, -0.15) is 5.10 Å². The first kappa shape index (κ1) is 13.3. The summed E-state index contributed by atoms with van der Waals surface area (Å²) in [5.41, 5.74) is 7.45. The summed E-state index contributed by atoms with van der Waals surface area (Å²) in [6, 6.07) is 8.06. The number of nitrogens with two attached hydrogens (primary N) is 1. The molecule has 20 heavy (non-hydrogen) atoms. The Bertz CT molecular complexity index is 653. The molecule has 0 radical (unpaired) electrons. The van der Waals surface area contributed by atoms with Gasteiger partial charge in [-0.3, -0.25) is 9.48 Å². The number of aromatic nitrogens is 2. The third-order valence-electron chi connectivity index (χ3n) is 4.39. The van der Waals surface area contributed by atoms with E-state index >= 15 is 0 Å². The summed E-state index contributed by atoms with van der Waals surface area (Å²) in [6.45, 7) is 4.73. The molecule has 106 valence electrons. The Hall–Kier alpha value is -1.68. The van der Waals surface area contributed by atoms with Crippen LogP contribution in [0, 0.1) is 5.92 Å². The molecule has 1 heterocycles. The fourth-order valence-corrected chi connectivity index (χ4v) is 2.82. The molecule has 1 aromatic carbocycles. The number of aryl methyl sites for hydroxylation is 1. The molecule has 2 N–H and O–H groups in total. The lowest BCUT2D eigenvalue weighted by molar-refractivity contribution is -0.123. The highest BCUT2D eigenvalue weighted by atomic mass is 16.1. The van der Waals surface area contributed by atoms with Crippen LogP contribution in [0.4, 0.5) is 0 Å². The summed E-state index contributed by atoms with van der Waals surface area (Å²) in [7, 11) is 0. The summed E-state index contributed by atoms with van der Waals surface area (Å²) < 4.78 is 1.95. The van der Waals surface area contributed by atoms with Crippen molar-refractivity contribution in [2.45, 2.75) is 45.2 Å². The van der Waals surface area contributed by atoms with Gasteiger partial charge in [-0.15, -0.1) is 0 Å². The van der Waals surface area contributed by atoms with E-state index in [1.165, 1.54) is 0 Å². The van der Waals surface area contributed by atoms with Gasteiger partial charge in [0, 0.05) is 11.9 Å². The molecule has 4 nitrogen and oxygen atoms in total. The quantitative estimate of drug-likeness (QED) is 0.907. The lowest BCUT2D eigenvalue weighted by Crippen LogP contribution is -2.48. The van der Waals surface area contributed by atoms with Crippen molar-refractivity contribution in [2.75, 3.05) is 0 Å². The normalized spacial score (nSPS) is 18.1. The Morgan fingerprint density at radius 1 is 1.45 bits per heavy atom. The largest absolute Gasteiger partial charge is 0.319 e. The van der Waals surface area contributed by atoms with Crippen LogP contribution in [0.1, 0.15) is 32.4 Å². The maximum absolute atomic E-state index is 12.5. The van der Waals surface area contributed by atoms with Gasteiger partial charge in [0.15, 0.2) is 5.78 Å². The lowest BCUT2D eigenvalue weighted by Gasteiger charge is -2.22. The molecule has 1 saturated carbocycles. The number of hydrogen-bond acceptors (Lipinski definition) is 3. The van der Waals surface area contributed by atoms with Crippen molar-refractivity contribution in [2.24, 2.45) is 11.7 Å². The van der Waals surface area contributed by atoms with E-state index < -0.39 is 5.54 Å². The van der Waals surface area contributed by atoms with Crippen molar-refractivity contribution in [3.05, 3.63) is 30.0 Å². The van der Waals surface area contributed by atoms with Crippen LogP contribution < -0.4 is 5.73 Å². The zero-order valence-corrected chi connectivity index (χ0v) is 12.1. The summed E-state index contributed by atoms with van der Waals surface area (Å²) in [4.78, 5) is 12.5. The number of benzene rings is 1. The van der Waals surface area contributed by atoms with Gasteiger partial charge < -0.3 is 5.73 Å². The van der Waals surface area contributed by atoms with Gasteiger partial charge in [0.25, 0.3) is 0 Å².